The number of carbonyl (C=O) groups is 2. The van der Waals surface area contributed by atoms with Crippen molar-refractivity contribution in [1.82, 2.24) is 4.98 Å². The van der Waals surface area contributed by atoms with Gasteiger partial charge in [0.05, 0.1) is 19.4 Å². The molecule has 1 aromatic heterocycles. The van der Waals surface area contributed by atoms with Crippen LogP contribution < -0.4 is 0 Å². The molecule has 0 saturated carbocycles. The molecule has 0 aliphatic rings. The Morgan fingerprint density at radius 3 is 2.58 bits per heavy atom. The summed E-state index contributed by atoms with van der Waals surface area (Å²) in [5, 5.41) is 19.3. The molecule has 2 N–H and O–H groups in total. The SMILES string of the molecule is CCOC(=O)c1sc(C(O)C(O)C(=O)OC)nc1C. The summed E-state index contributed by atoms with van der Waals surface area (Å²) < 4.78 is 9.14. The van der Waals surface area contributed by atoms with Crippen molar-refractivity contribution >= 4 is 23.3 Å². The molecule has 2 unspecified atom stereocenters. The van der Waals surface area contributed by atoms with Crippen LogP contribution in [0.1, 0.15) is 33.4 Å². The lowest BCUT2D eigenvalue weighted by Crippen LogP contribution is -2.28. The number of nitrogens with zero attached hydrogens (tertiary/aromatic N) is 1. The Morgan fingerprint density at radius 1 is 1.42 bits per heavy atom. The summed E-state index contributed by atoms with van der Waals surface area (Å²) >= 11 is 0.868. The Hall–Kier alpha value is -1.51. The Balaban J connectivity index is 2.94. The quantitative estimate of drug-likeness (QED) is 0.745. The van der Waals surface area contributed by atoms with E-state index in [-0.39, 0.29) is 16.5 Å². The van der Waals surface area contributed by atoms with Crippen LogP contribution in [0, 0.1) is 6.92 Å². The topological polar surface area (TPSA) is 106 Å². The van der Waals surface area contributed by atoms with Gasteiger partial charge in [-0.15, -0.1) is 11.3 Å². The molecule has 0 amide bonds. The van der Waals surface area contributed by atoms with Gasteiger partial charge in [0.1, 0.15) is 16.0 Å². The lowest BCUT2D eigenvalue weighted by atomic mass is 10.2. The van der Waals surface area contributed by atoms with E-state index in [1.54, 1.807) is 13.8 Å². The fourth-order valence-corrected chi connectivity index (χ4v) is 2.29. The van der Waals surface area contributed by atoms with E-state index in [1.165, 1.54) is 0 Å². The third-order valence-electron chi connectivity index (χ3n) is 2.27. The zero-order valence-corrected chi connectivity index (χ0v) is 11.6. The second-order valence-electron chi connectivity index (χ2n) is 3.60. The third-order valence-corrected chi connectivity index (χ3v) is 3.48. The van der Waals surface area contributed by atoms with Crippen LogP contribution in [0.4, 0.5) is 0 Å². The smallest absolute Gasteiger partial charge is 0.350 e. The van der Waals surface area contributed by atoms with Gasteiger partial charge in [0.25, 0.3) is 0 Å². The summed E-state index contributed by atoms with van der Waals surface area (Å²) in [5.74, 6) is -1.53. The van der Waals surface area contributed by atoms with Crippen LogP contribution in [-0.2, 0) is 14.3 Å². The Bertz CT molecular complexity index is 472. The molecule has 0 saturated heterocycles. The first-order valence-corrected chi connectivity index (χ1v) is 6.32. The van der Waals surface area contributed by atoms with Gasteiger partial charge in [-0.25, -0.2) is 14.6 Å². The molecule has 1 heterocycles. The predicted molar refractivity (Wildman–Crippen MR) is 65.8 cm³/mol. The Labute approximate surface area is 113 Å². The minimum absolute atomic E-state index is 0.0541. The predicted octanol–water partition coefficient (Wildman–Crippen LogP) is 0.196. The van der Waals surface area contributed by atoms with Crippen LogP contribution in [0.2, 0.25) is 0 Å². The summed E-state index contributed by atoms with van der Waals surface area (Å²) in [7, 11) is 1.09. The number of rotatable bonds is 5. The second-order valence-corrected chi connectivity index (χ2v) is 4.63. The molecular weight excluding hydrogens is 274 g/mol. The molecule has 0 aliphatic carbocycles. The number of carbonyl (C=O) groups excluding carboxylic acids is 2. The summed E-state index contributed by atoms with van der Waals surface area (Å²) in [6, 6.07) is 0. The summed E-state index contributed by atoms with van der Waals surface area (Å²) in [4.78, 5) is 26.9. The molecule has 7 nitrogen and oxygen atoms in total. The van der Waals surface area contributed by atoms with E-state index in [1.807, 2.05) is 0 Å². The van der Waals surface area contributed by atoms with Gasteiger partial charge >= 0.3 is 11.9 Å². The molecule has 0 aromatic carbocycles. The second kappa shape index (κ2) is 6.60. The fourth-order valence-electron chi connectivity index (χ4n) is 1.31. The van der Waals surface area contributed by atoms with Gasteiger partial charge in [-0.05, 0) is 13.8 Å². The summed E-state index contributed by atoms with van der Waals surface area (Å²) in [6.07, 6.45) is -3.29. The molecule has 8 heteroatoms. The maximum absolute atomic E-state index is 11.6. The average Bonchev–Trinajstić information content (AvgIpc) is 2.78. The van der Waals surface area contributed by atoms with E-state index in [4.69, 9.17) is 4.74 Å². The molecule has 0 radical (unpaired) electrons. The zero-order chi connectivity index (χ0) is 14.6. The van der Waals surface area contributed by atoms with Gasteiger partial charge < -0.3 is 19.7 Å². The van der Waals surface area contributed by atoms with Crippen molar-refractivity contribution in [2.45, 2.75) is 26.1 Å². The minimum atomic E-state index is -1.74. The lowest BCUT2D eigenvalue weighted by Gasteiger charge is -2.12. The van der Waals surface area contributed by atoms with Crippen molar-refractivity contribution in [1.29, 1.82) is 0 Å². The highest BCUT2D eigenvalue weighted by Gasteiger charge is 2.30. The Morgan fingerprint density at radius 2 is 2.05 bits per heavy atom. The first-order valence-electron chi connectivity index (χ1n) is 5.50. The van der Waals surface area contributed by atoms with E-state index in [0.717, 1.165) is 18.4 Å². The maximum atomic E-state index is 11.6. The van der Waals surface area contributed by atoms with Crippen molar-refractivity contribution in [2.24, 2.45) is 0 Å². The fraction of sp³-hybridized carbons (Fsp3) is 0.545. The van der Waals surface area contributed by atoms with Gasteiger partial charge in [0.2, 0.25) is 0 Å². The first kappa shape index (κ1) is 15.5. The van der Waals surface area contributed by atoms with Gasteiger partial charge in [-0.1, -0.05) is 0 Å². The molecule has 2 atom stereocenters. The monoisotopic (exact) mass is 289 g/mol. The number of aliphatic hydroxyl groups is 2. The van der Waals surface area contributed by atoms with E-state index in [9.17, 15) is 19.8 Å². The van der Waals surface area contributed by atoms with Crippen molar-refractivity contribution in [3.05, 3.63) is 15.6 Å². The number of hydrogen-bond acceptors (Lipinski definition) is 8. The highest BCUT2D eigenvalue weighted by Crippen LogP contribution is 2.26. The van der Waals surface area contributed by atoms with Crippen molar-refractivity contribution in [3.63, 3.8) is 0 Å². The van der Waals surface area contributed by atoms with Crippen molar-refractivity contribution in [3.8, 4) is 0 Å². The first-order chi connectivity index (χ1) is 8.92. The van der Waals surface area contributed by atoms with Crippen LogP contribution >= 0.6 is 11.3 Å². The molecule has 0 spiro atoms. The molecule has 1 rings (SSSR count). The number of aliphatic hydroxyl groups excluding tert-OH is 2. The molecule has 0 bridgehead atoms. The number of methoxy groups -OCH3 is 1. The van der Waals surface area contributed by atoms with E-state index < -0.39 is 24.1 Å². The number of aromatic nitrogens is 1. The van der Waals surface area contributed by atoms with Crippen molar-refractivity contribution < 1.29 is 29.3 Å². The Kier molecular flexibility index (Phi) is 5.40. The molecule has 1 aromatic rings. The van der Waals surface area contributed by atoms with Gasteiger partial charge in [0, 0.05) is 0 Å². The van der Waals surface area contributed by atoms with Gasteiger partial charge in [-0.2, -0.15) is 0 Å². The van der Waals surface area contributed by atoms with Crippen LogP contribution in [-0.4, -0.2) is 47.0 Å². The average molecular weight is 289 g/mol. The third kappa shape index (κ3) is 3.49. The molecule has 19 heavy (non-hydrogen) atoms. The van der Waals surface area contributed by atoms with E-state index in [2.05, 4.69) is 9.72 Å². The van der Waals surface area contributed by atoms with Crippen LogP contribution in [0.3, 0.4) is 0 Å². The number of esters is 2. The minimum Gasteiger partial charge on any atom is -0.467 e. The largest absolute Gasteiger partial charge is 0.467 e. The number of aryl methyl sites for hydroxylation is 1. The molecule has 0 aliphatic heterocycles. The normalized spacial score (nSPS) is 13.7. The van der Waals surface area contributed by atoms with Gasteiger partial charge in [0.15, 0.2) is 6.10 Å². The maximum Gasteiger partial charge on any atom is 0.350 e. The van der Waals surface area contributed by atoms with Crippen LogP contribution in [0.15, 0.2) is 0 Å². The van der Waals surface area contributed by atoms with E-state index >= 15 is 0 Å². The van der Waals surface area contributed by atoms with Gasteiger partial charge in [-0.3, -0.25) is 0 Å². The number of thiazole rings is 1. The van der Waals surface area contributed by atoms with Crippen molar-refractivity contribution in [2.75, 3.05) is 13.7 Å². The number of hydrogen-bond donors (Lipinski definition) is 2. The summed E-state index contributed by atoms with van der Waals surface area (Å²) in [6.45, 7) is 3.47. The number of ether oxygens (including phenoxy) is 2. The zero-order valence-electron chi connectivity index (χ0n) is 10.7. The molecule has 0 fully saturated rings. The summed E-state index contributed by atoms with van der Waals surface area (Å²) in [5.41, 5.74) is 0.370. The lowest BCUT2D eigenvalue weighted by molar-refractivity contribution is -0.156. The standard InChI is InChI=1S/C11H15NO6S/c1-4-18-11(16)8-5(2)12-9(19-8)6(13)7(14)10(15)17-3/h6-7,13-14H,4H2,1-3H3. The van der Waals surface area contributed by atoms with E-state index in [0.29, 0.717) is 5.69 Å². The van der Waals surface area contributed by atoms with Crippen LogP contribution in [0.5, 0.6) is 0 Å². The molecular formula is C11H15NO6S. The van der Waals surface area contributed by atoms with Crippen LogP contribution in [0.25, 0.3) is 0 Å². The highest BCUT2D eigenvalue weighted by atomic mass is 32.1. The highest BCUT2D eigenvalue weighted by molar-refractivity contribution is 7.13. The molecule has 106 valence electrons.